The summed E-state index contributed by atoms with van der Waals surface area (Å²) in [4.78, 5) is 32.3. The van der Waals surface area contributed by atoms with Crippen molar-refractivity contribution in [3.8, 4) is 11.4 Å². The first-order chi connectivity index (χ1) is 14.8. The van der Waals surface area contributed by atoms with Crippen LogP contribution in [0.1, 0.15) is 46.6 Å². The maximum absolute atomic E-state index is 13.0. The number of pyridine rings is 1. The van der Waals surface area contributed by atoms with Crippen LogP contribution in [0.4, 0.5) is 5.82 Å². The fourth-order valence-electron chi connectivity index (χ4n) is 4.29. The molecule has 0 spiro atoms. The monoisotopic (exact) mass is 419 g/mol. The number of hydrogen-bond donors (Lipinski definition) is 0. The molecule has 6 nitrogen and oxygen atoms in total. The molecule has 0 atom stereocenters. The fourth-order valence-corrected chi connectivity index (χ4v) is 4.99. The van der Waals surface area contributed by atoms with Crippen molar-refractivity contribution in [2.45, 2.75) is 38.6 Å². The minimum Gasteiger partial charge on any atom is -0.356 e. The fraction of sp³-hybridized carbons (Fsp3) is 0.391. The Hall–Kier alpha value is -2.80. The number of rotatable bonds is 3. The van der Waals surface area contributed by atoms with Gasteiger partial charge in [0.15, 0.2) is 5.82 Å². The van der Waals surface area contributed by atoms with E-state index >= 15 is 0 Å². The Bertz CT molecular complexity index is 1010. The number of hydrogen-bond acceptors (Lipinski definition) is 6. The van der Waals surface area contributed by atoms with Crippen molar-refractivity contribution >= 4 is 23.1 Å². The summed E-state index contributed by atoms with van der Waals surface area (Å²) in [5.41, 5.74) is 3.12. The number of thiophene rings is 1. The maximum Gasteiger partial charge on any atom is 0.264 e. The Morgan fingerprint density at radius 3 is 2.60 bits per heavy atom. The molecule has 0 unspecified atom stereocenters. The Kier molecular flexibility index (Phi) is 5.45. The van der Waals surface area contributed by atoms with Crippen molar-refractivity contribution in [3.05, 3.63) is 58.2 Å². The van der Waals surface area contributed by atoms with Crippen molar-refractivity contribution in [1.29, 1.82) is 0 Å². The van der Waals surface area contributed by atoms with Gasteiger partial charge in [-0.2, -0.15) is 0 Å². The quantitative estimate of drug-likeness (QED) is 0.637. The van der Waals surface area contributed by atoms with Crippen LogP contribution < -0.4 is 4.90 Å². The largest absolute Gasteiger partial charge is 0.356 e. The standard InChI is InChI=1S/C23H25N5OS/c29-23(20-8-6-14-30-20)28-13-9-19-18(16-28)22(27-11-3-1-2-4-12-27)26-21(25-19)17-7-5-10-24-15-17/h5-8,10,14-15H,1-4,9,11-13,16H2. The second kappa shape index (κ2) is 8.52. The maximum atomic E-state index is 13.0. The molecule has 3 aromatic heterocycles. The van der Waals surface area contributed by atoms with E-state index in [4.69, 9.17) is 9.97 Å². The summed E-state index contributed by atoms with van der Waals surface area (Å²) in [6.07, 6.45) is 9.24. The predicted octanol–water partition coefficient (Wildman–Crippen LogP) is 4.18. The van der Waals surface area contributed by atoms with E-state index in [0.717, 1.165) is 52.9 Å². The Morgan fingerprint density at radius 2 is 1.87 bits per heavy atom. The van der Waals surface area contributed by atoms with Gasteiger partial charge in [0.25, 0.3) is 5.91 Å². The van der Waals surface area contributed by atoms with E-state index < -0.39 is 0 Å². The second-order valence-corrected chi connectivity index (χ2v) is 8.84. The molecule has 0 aliphatic carbocycles. The lowest BCUT2D eigenvalue weighted by Crippen LogP contribution is -2.38. The summed E-state index contributed by atoms with van der Waals surface area (Å²) in [7, 11) is 0. The molecule has 0 radical (unpaired) electrons. The molecule has 1 saturated heterocycles. The normalized spacial score (nSPS) is 16.8. The molecule has 5 heterocycles. The van der Waals surface area contributed by atoms with Gasteiger partial charge in [0.2, 0.25) is 0 Å². The van der Waals surface area contributed by atoms with Crippen molar-refractivity contribution in [2.75, 3.05) is 24.5 Å². The number of nitrogens with zero attached hydrogens (tertiary/aromatic N) is 5. The van der Waals surface area contributed by atoms with Gasteiger partial charge in [-0.25, -0.2) is 9.97 Å². The molecule has 1 amide bonds. The van der Waals surface area contributed by atoms with Gasteiger partial charge in [0.05, 0.1) is 17.1 Å². The van der Waals surface area contributed by atoms with Gasteiger partial charge in [-0.1, -0.05) is 18.9 Å². The summed E-state index contributed by atoms with van der Waals surface area (Å²) in [5, 5.41) is 1.96. The Morgan fingerprint density at radius 1 is 1.00 bits per heavy atom. The van der Waals surface area contributed by atoms with Crippen LogP contribution in [-0.2, 0) is 13.0 Å². The lowest BCUT2D eigenvalue weighted by molar-refractivity contribution is 0.0738. The first-order valence-electron chi connectivity index (χ1n) is 10.7. The first-order valence-corrected chi connectivity index (χ1v) is 11.6. The van der Waals surface area contributed by atoms with Crippen LogP contribution in [0.25, 0.3) is 11.4 Å². The summed E-state index contributed by atoms with van der Waals surface area (Å²) < 4.78 is 0. The highest BCUT2D eigenvalue weighted by molar-refractivity contribution is 7.12. The molecule has 2 aliphatic heterocycles. The van der Waals surface area contributed by atoms with Gasteiger partial charge in [0, 0.05) is 49.6 Å². The third-order valence-corrected chi connectivity index (χ3v) is 6.74. The number of carbonyl (C=O) groups excluding carboxylic acids is 1. The zero-order valence-corrected chi connectivity index (χ0v) is 17.8. The molecule has 154 valence electrons. The lowest BCUT2D eigenvalue weighted by Gasteiger charge is -2.32. The predicted molar refractivity (Wildman–Crippen MR) is 119 cm³/mol. The van der Waals surface area contributed by atoms with Crippen LogP contribution in [0.2, 0.25) is 0 Å². The minimum absolute atomic E-state index is 0.105. The zero-order chi connectivity index (χ0) is 20.3. The summed E-state index contributed by atoms with van der Waals surface area (Å²) in [5.74, 6) is 1.84. The molecule has 2 aliphatic rings. The number of aromatic nitrogens is 3. The smallest absolute Gasteiger partial charge is 0.264 e. The van der Waals surface area contributed by atoms with Crippen molar-refractivity contribution in [2.24, 2.45) is 0 Å². The van der Waals surface area contributed by atoms with E-state index in [1.54, 1.807) is 6.20 Å². The third kappa shape index (κ3) is 3.81. The average Bonchev–Trinajstić information content (AvgIpc) is 3.21. The number of carbonyl (C=O) groups is 1. The van der Waals surface area contributed by atoms with E-state index in [9.17, 15) is 4.79 Å². The molecule has 3 aromatic rings. The van der Waals surface area contributed by atoms with Crippen molar-refractivity contribution in [3.63, 3.8) is 0 Å². The zero-order valence-electron chi connectivity index (χ0n) is 17.0. The van der Waals surface area contributed by atoms with Gasteiger partial charge >= 0.3 is 0 Å². The average molecular weight is 420 g/mol. The van der Waals surface area contributed by atoms with Crippen molar-refractivity contribution < 1.29 is 4.79 Å². The lowest BCUT2D eigenvalue weighted by atomic mass is 10.0. The van der Waals surface area contributed by atoms with Gasteiger partial charge in [0.1, 0.15) is 5.82 Å². The van der Waals surface area contributed by atoms with Crippen LogP contribution in [0.15, 0.2) is 42.0 Å². The van der Waals surface area contributed by atoms with Gasteiger partial charge in [-0.15, -0.1) is 11.3 Å². The molecule has 5 rings (SSSR count). The second-order valence-electron chi connectivity index (χ2n) is 7.89. The van der Waals surface area contributed by atoms with E-state index in [1.165, 1.54) is 37.0 Å². The van der Waals surface area contributed by atoms with Crippen molar-refractivity contribution in [1.82, 2.24) is 19.9 Å². The summed E-state index contributed by atoms with van der Waals surface area (Å²) in [6, 6.07) is 7.77. The van der Waals surface area contributed by atoms with Crippen LogP contribution in [0.3, 0.4) is 0 Å². The van der Waals surface area contributed by atoms with Gasteiger partial charge in [-0.3, -0.25) is 9.78 Å². The SMILES string of the molecule is O=C(c1cccs1)N1CCc2nc(-c3cccnc3)nc(N3CCCCCC3)c2C1. The Balaban J connectivity index is 1.54. The molecule has 30 heavy (non-hydrogen) atoms. The number of anilines is 1. The van der Waals surface area contributed by atoms with Crippen LogP contribution >= 0.6 is 11.3 Å². The van der Waals surface area contributed by atoms with Crippen LogP contribution in [-0.4, -0.2) is 45.4 Å². The molecule has 7 heteroatoms. The van der Waals surface area contributed by atoms with E-state index in [1.807, 2.05) is 40.7 Å². The molecular formula is C23H25N5OS. The molecular weight excluding hydrogens is 394 g/mol. The highest BCUT2D eigenvalue weighted by Crippen LogP contribution is 2.31. The summed E-state index contributed by atoms with van der Waals surface area (Å²) in [6.45, 7) is 3.28. The molecule has 0 N–H and O–H groups in total. The molecule has 0 bridgehead atoms. The molecule has 1 fully saturated rings. The van der Waals surface area contributed by atoms with E-state index in [-0.39, 0.29) is 5.91 Å². The van der Waals surface area contributed by atoms with Crippen LogP contribution in [0.5, 0.6) is 0 Å². The van der Waals surface area contributed by atoms with Gasteiger partial charge in [-0.05, 0) is 36.4 Å². The number of fused-ring (bicyclic) bond motifs is 1. The minimum atomic E-state index is 0.105. The topological polar surface area (TPSA) is 62.2 Å². The van der Waals surface area contributed by atoms with Crippen LogP contribution in [0, 0.1) is 0 Å². The highest BCUT2D eigenvalue weighted by Gasteiger charge is 2.29. The van der Waals surface area contributed by atoms with Gasteiger partial charge < -0.3 is 9.80 Å². The summed E-state index contributed by atoms with van der Waals surface area (Å²) >= 11 is 1.50. The third-order valence-electron chi connectivity index (χ3n) is 5.88. The molecule has 0 aromatic carbocycles. The van der Waals surface area contributed by atoms with E-state index in [0.29, 0.717) is 13.1 Å². The Labute approximate surface area is 180 Å². The highest BCUT2D eigenvalue weighted by atomic mass is 32.1. The first kappa shape index (κ1) is 19.2. The molecule has 0 saturated carbocycles. The number of amides is 1. The van der Waals surface area contributed by atoms with E-state index in [2.05, 4.69) is 9.88 Å².